The van der Waals surface area contributed by atoms with Crippen LogP contribution in [0.25, 0.3) is 0 Å². The Balaban J connectivity index is 2.15. The maximum atomic E-state index is 13.6. The molecule has 0 aromatic heterocycles. The highest BCUT2D eigenvalue weighted by Crippen LogP contribution is 2.26. The van der Waals surface area contributed by atoms with Gasteiger partial charge in [0.15, 0.2) is 0 Å². The first kappa shape index (κ1) is 15.5. The Kier molecular flexibility index (Phi) is 4.97. The van der Waals surface area contributed by atoms with E-state index in [0.717, 1.165) is 23.3 Å². The summed E-state index contributed by atoms with van der Waals surface area (Å²) in [4.78, 5) is 0. The lowest BCUT2D eigenvalue weighted by molar-refractivity contribution is 0.295. The first-order valence-electron chi connectivity index (χ1n) is 7.19. The second-order valence-corrected chi connectivity index (χ2v) is 5.62. The summed E-state index contributed by atoms with van der Waals surface area (Å²) in [6.45, 7) is 6.25. The number of nitrogens with two attached hydrogens (primary N) is 1. The van der Waals surface area contributed by atoms with Crippen LogP contribution in [0.4, 0.5) is 4.39 Å². The molecule has 0 bridgehead atoms. The zero-order chi connectivity index (χ0) is 15.4. The minimum absolute atomic E-state index is 0.133. The molecule has 0 aliphatic carbocycles. The van der Waals surface area contributed by atoms with E-state index in [1.807, 2.05) is 26.8 Å². The largest absolute Gasteiger partial charge is 0.488 e. The van der Waals surface area contributed by atoms with Crippen molar-refractivity contribution in [3.05, 3.63) is 64.5 Å². The molecule has 0 saturated carbocycles. The lowest BCUT2D eigenvalue weighted by atomic mass is 10.0. The molecule has 0 spiro atoms. The van der Waals surface area contributed by atoms with Gasteiger partial charge in [-0.15, -0.1) is 0 Å². The van der Waals surface area contributed by atoms with Crippen molar-refractivity contribution in [2.45, 2.75) is 39.8 Å². The first-order chi connectivity index (χ1) is 9.97. The van der Waals surface area contributed by atoms with E-state index in [4.69, 9.17) is 10.5 Å². The molecule has 2 aromatic rings. The minimum Gasteiger partial charge on any atom is -0.488 e. The minimum atomic E-state index is -0.235. The van der Waals surface area contributed by atoms with Crippen LogP contribution in [0.3, 0.4) is 0 Å². The van der Waals surface area contributed by atoms with Crippen molar-refractivity contribution in [3.63, 3.8) is 0 Å². The molecule has 0 fully saturated rings. The first-order valence-corrected chi connectivity index (χ1v) is 7.19. The fourth-order valence-corrected chi connectivity index (χ4v) is 2.52. The lowest BCUT2D eigenvalue weighted by Crippen LogP contribution is -2.18. The molecule has 0 aliphatic rings. The maximum Gasteiger partial charge on any atom is 0.129 e. The molecule has 21 heavy (non-hydrogen) atoms. The van der Waals surface area contributed by atoms with Gasteiger partial charge in [0.1, 0.15) is 18.2 Å². The quantitative estimate of drug-likeness (QED) is 0.905. The molecule has 0 radical (unpaired) electrons. The molecule has 1 unspecified atom stereocenters. The summed E-state index contributed by atoms with van der Waals surface area (Å²) in [5, 5.41) is 0. The van der Waals surface area contributed by atoms with Gasteiger partial charge >= 0.3 is 0 Å². The van der Waals surface area contributed by atoms with Crippen LogP contribution >= 0.6 is 0 Å². The fourth-order valence-electron chi connectivity index (χ4n) is 2.52. The van der Waals surface area contributed by atoms with E-state index in [0.29, 0.717) is 5.56 Å². The second-order valence-electron chi connectivity index (χ2n) is 5.62. The van der Waals surface area contributed by atoms with Crippen LogP contribution in [0.5, 0.6) is 5.75 Å². The summed E-state index contributed by atoms with van der Waals surface area (Å²) < 4.78 is 19.4. The summed E-state index contributed by atoms with van der Waals surface area (Å²) in [5.74, 6) is 0.591. The average Bonchev–Trinajstić information content (AvgIpc) is 2.39. The molecular weight excluding hydrogens is 265 g/mol. The van der Waals surface area contributed by atoms with Gasteiger partial charge in [0.2, 0.25) is 0 Å². The van der Waals surface area contributed by atoms with Crippen molar-refractivity contribution in [3.8, 4) is 5.75 Å². The molecule has 0 saturated heterocycles. The van der Waals surface area contributed by atoms with Crippen LogP contribution in [-0.4, -0.2) is 6.04 Å². The molecule has 2 aromatic carbocycles. The van der Waals surface area contributed by atoms with Gasteiger partial charge in [0.05, 0.1) is 0 Å². The number of halogens is 1. The molecule has 2 N–H and O–H groups in total. The third-order valence-corrected chi connectivity index (χ3v) is 3.41. The number of hydrogen-bond acceptors (Lipinski definition) is 2. The van der Waals surface area contributed by atoms with Crippen molar-refractivity contribution in [2.24, 2.45) is 5.73 Å². The number of ether oxygens (including phenoxy) is 1. The van der Waals surface area contributed by atoms with E-state index in [9.17, 15) is 4.39 Å². The summed E-state index contributed by atoms with van der Waals surface area (Å²) >= 11 is 0. The predicted molar refractivity (Wildman–Crippen MR) is 84.0 cm³/mol. The van der Waals surface area contributed by atoms with E-state index < -0.39 is 0 Å². The Morgan fingerprint density at radius 2 is 1.76 bits per heavy atom. The highest BCUT2D eigenvalue weighted by atomic mass is 19.1. The fraction of sp³-hybridized carbons (Fsp3) is 0.333. The highest BCUT2D eigenvalue weighted by Gasteiger charge is 2.09. The Bertz CT molecular complexity index is 599. The average molecular weight is 287 g/mol. The predicted octanol–water partition coefficient (Wildman–Crippen LogP) is 3.91. The molecular formula is C18H22FNO. The van der Waals surface area contributed by atoms with Gasteiger partial charge in [-0.2, -0.15) is 0 Å². The van der Waals surface area contributed by atoms with E-state index in [1.165, 1.54) is 11.6 Å². The summed E-state index contributed by atoms with van der Waals surface area (Å²) in [6.07, 6.45) is 0.843. The number of hydrogen-bond donors (Lipinski definition) is 1. The van der Waals surface area contributed by atoms with Crippen LogP contribution in [0, 0.1) is 19.7 Å². The van der Waals surface area contributed by atoms with Gasteiger partial charge in [-0.05, 0) is 49.9 Å². The number of aryl methyl sites for hydroxylation is 2. The molecule has 0 amide bonds. The Morgan fingerprint density at radius 1 is 1.14 bits per heavy atom. The monoisotopic (exact) mass is 287 g/mol. The van der Waals surface area contributed by atoms with Crippen molar-refractivity contribution in [1.82, 2.24) is 0 Å². The normalized spacial score (nSPS) is 12.2. The van der Waals surface area contributed by atoms with Gasteiger partial charge in [-0.3, -0.25) is 0 Å². The van der Waals surface area contributed by atoms with E-state index in [-0.39, 0.29) is 18.5 Å². The van der Waals surface area contributed by atoms with Crippen molar-refractivity contribution < 1.29 is 9.13 Å². The summed E-state index contributed by atoms with van der Waals surface area (Å²) in [7, 11) is 0. The van der Waals surface area contributed by atoms with Gasteiger partial charge in [-0.1, -0.05) is 30.3 Å². The highest BCUT2D eigenvalue weighted by molar-refractivity contribution is 5.43. The SMILES string of the molecule is Cc1cc(CC(C)N)cc(C)c1OCc1ccccc1F. The molecule has 2 nitrogen and oxygen atoms in total. The van der Waals surface area contributed by atoms with E-state index in [1.54, 1.807) is 12.1 Å². The van der Waals surface area contributed by atoms with E-state index in [2.05, 4.69) is 12.1 Å². The number of benzene rings is 2. The van der Waals surface area contributed by atoms with Gasteiger partial charge in [-0.25, -0.2) is 4.39 Å². The molecule has 1 atom stereocenters. The number of rotatable bonds is 5. The summed E-state index contributed by atoms with van der Waals surface area (Å²) in [5.41, 5.74) is 9.73. The van der Waals surface area contributed by atoms with Crippen LogP contribution in [-0.2, 0) is 13.0 Å². The molecule has 0 aliphatic heterocycles. The molecule has 2 rings (SSSR count). The Morgan fingerprint density at radius 3 is 2.33 bits per heavy atom. The van der Waals surface area contributed by atoms with Gasteiger partial charge < -0.3 is 10.5 Å². The van der Waals surface area contributed by atoms with Crippen molar-refractivity contribution in [1.29, 1.82) is 0 Å². The molecule has 0 heterocycles. The van der Waals surface area contributed by atoms with Crippen LogP contribution < -0.4 is 10.5 Å². The van der Waals surface area contributed by atoms with E-state index >= 15 is 0 Å². The van der Waals surface area contributed by atoms with Crippen molar-refractivity contribution >= 4 is 0 Å². The van der Waals surface area contributed by atoms with Crippen LogP contribution in [0.1, 0.15) is 29.2 Å². The van der Waals surface area contributed by atoms with Crippen LogP contribution in [0.15, 0.2) is 36.4 Å². The third kappa shape index (κ3) is 4.05. The van der Waals surface area contributed by atoms with Crippen LogP contribution in [0.2, 0.25) is 0 Å². The second kappa shape index (κ2) is 6.72. The molecule has 112 valence electrons. The zero-order valence-electron chi connectivity index (χ0n) is 12.8. The maximum absolute atomic E-state index is 13.6. The van der Waals surface area contributed by atoms with Gasteiger partial charge in [0.25, 0.3) is 0 Å². The standard InChI is InChI=1S/C18H22FNO/c1-12-8-15(10-14(3)20)9-13(2)18(12)21-11-16-6-4-5-7-17(16)19/h4-9,14H,10-11,20H2,1-3H3. The topological polar surface area (TPSA) is 35.2 Å². The van der Waals surface area contributed by atoms with Gasteiger partial charge in [0, 0.05) is 11.6 Å². The van der Waals surface area contributed by atoms with Crippen molar-refractivity contribution in [2.75, 3.05) is 0 Å². The lowest BCUT2D eigenvalue weighted by Gasteiger charge is -2.15. The zero-order valence-corrected chi connectivity index (χ0v) is 12.8. The Hall–Kier alpha value is -1.87. The summed E-state index contributed by atoms with van der Waals surface area (Å²) in [6, 6.07) is 11.0. The Labute approximate surface area is 125 Å². The molecule has 3 heteroatoms. The smallest absolute Gasteiger partial charge is 0.129 e. The third-order valence-electron chi connectivity index (χ3n) is 3.41.